The Hall–Kier alpha value is -1.28. The Balaban J connectivity index is 2.61. The van der Waals surface area contributed by atoms with Crippen LogP contribution in [0.4, 0.5) is 4.79 Å². The van der Waals surface area contributed by atoms with E-state index in [1.54, 1.807) is 4.90 Å². The molecule has 1 amide bonds. The lowest BCUT2D eigenvalue weighted by molar-refractivity contribution is 0.0126. The molecular weight excluding hydrogens is 206 g/mol. The first kappa shape index (κ1) is 12.8. The van der Waals surface area contributed by atoms with Gasteiger partial charge in [0.15, 0.2) is 0 Å². The Morgan fingerprint density at radius 1 is 1.62 bits per heavy atom. The second kappa shape index (κ2) is 5.17. The second-order valence-corrected chi connectivity index (χ2v) is 4.89. The summed E-state index contributed by atoms with van der Waals surface area (Å²) in [4.78, 5) is 13.5. The van der Waals surface area contributed by atoms with E-state index in [-0.39, 0.29) is 12.1 Å². The highest BCUT2D eigenvalue weighted by atomic mass is 16.6. The second-order valence-electron chi connectivity index (χ2n) is 4.89. The molecule has 5 heteroatoms. The summed E-state index contributed by atoms with van der Waals surface area (Å²) in [5, 5.41) is 11.9. The number of nitriles is 1. The molecule has 16 heavy (non-hydrogen) atoms. The molecule has 0 saturated carbocycles. The number of hydrogen-bond acceptors (Lipinski definition) is 4. The van der Waals surface area contributed by atoms with Crippen LogP contribution in [-0.4, -0.2) is 42.3 Å². The monoisotopic (exact) mass is 225 g/mol. The van der Waals surface area contributed by atoms with Gasteiger partial charge in [0.25, 0.3) is 0 Å². The molecule has 1 aliphatic heterocycles. The van der Waals surface area contributed by atoms with Crippen molar-refractivity contribution in [3.05, 3.63) is 0 Å². The van der Waals surface area contributed by atoms with Crippen LogP contribution in [0.5, 0.6) is 0 Å². The maximum absolute atomic E-state index is 11.9. The topological polar surface area (TPSA) is 65.4 Å². The Morgan fingerprint density at radius 3 is 2.88 bits per heavy atom. The van der Waals surface area contributed by atoms with E-state index in [1.807, 2.05) is 20.8 Å². The van der Waals surface area contributed by atoms with Gasteiger partial charge in [0.05, 0.1) is 18.5 Å². The highest BCUT2D eigenvalue weighted by Gasteiger charge is 2.29. The summed E-state index contributed by atoms with van der Waals surface area (Å²) in [5.74, 6) is 0. The van der Waals surface area contributed by atoms with E-state index in [9.17, 15) is 4.79 Å². The maximum Gasteiger partial charge on any atom is 0.410 e. The predicted molar refractivity (Wildman–Crippen MR) is 59.8 cm³/mol. The minimum absolute atomic E-state index is 0.0754. The van der Waals surface area contributed by atoms with E-state index in [0.717, 1.165) is 6.54 Å². The fraction of sp³-hybridized carbons (Fsp3) is 0.818. The number of hydrogen-bond donors (Lipinski definition) is 1. The molecule has 1 rings (SSSR count). The molecule has 0 spiro atoms. The van der Waals surface area contributed by atoms with Gasteiger partial charge in [-0.25, -0.2) is 4.79 Å². The number of rotatable bonds is 1. The lowest BCUT2D eigenvalue weighted by Crippen LogP contribution is -2.54. The molecule has 1 heterocycles. The van der Waals surface area contributed by atoms with Crippen molar-refractivity contribution in [3.8, 4) is 6.07 Å². The number of carbonyl (C=O) groups excluding carboxylic acids is 1. The first-order chi connectivity index (χ1) is 7.44. The summed E-state index contributed by atoms with van der Waals surface area (Å²) < 4.78 is 5.30. The summed E-state index contributed by atoms with van der Waals surface area (Å²) in [6, 6.07) is 2.02. The average Bonchev–Trinajstić information content (AvgIpc) is 2.16. The number of piperazine rings is 1. The third-order valence-corrected chi connectivity index (χ3v) is 2.31. The molecule has 0 bridgehead atoms. The molecule has 1 aliphatic rings. The minimum Gasteiger partial charge on any atom is -0.444 e. The molecule has 0 aliphatic carbocycles. The van der Waals surface area contributed by atoms with Crippen LogP contribution in [0.15, 0.2) is 0 Å². The molecule has 0 radical (unpaired) electrons. The fourth-order valence-electron chi connectivity index (χ4n) is 1.61. The number of nitrogens with one attached hydrogen (secondary N) is 1. The summed E-state index contributed by atoms with van der Waals surface area (Å²) in [5.41, 5.74) is -0.487. The van der Waals surface area contributed by atoms with Gasteiger partial charge in [0.1, 0.15) is 5.60 Å². The Morgan fingerprint density at radius 2 is 2.31 bits per heavy atom. The smallest absolute Gasteiger partial charge is 0.410 e. The quantitative estimate of drug-likeness (QED) is 0.726. The first-order valence-electron chi connectivity index (χ1n) is 5.51. The Kier molecular flexibility index (Phi) is 4.13. The van der Waals surface area contributed by atoms with E-state index < -0.39 is 5.60 Å². The van der Waals surface area contributed by atoms with Gasteiger partial charge in [-0.2, -0.15) is 5.26 Å². The number of nitrogens with zero attached hydrogens (tertiary/aromatic N) is 2. The standard InChI is InChI=1S/C11H19N3O2/c1-11(2,3)16-10(15)14-7-6-13-8-9(14)4-5-12/h9,13H,4,6-8H2,1-3H3. The molecule has 0 aromatic heterocycles. The summed E-state index contributed by atoms with van der Waals surface area (Å²) >= 11 is 0. The molecule has 1 saturated heterocycles. The van der Waals surface area contributed by atoms with Crippen molar-refractivity contribution in [2.45, 2.75) is 38.8 Å². The van der Waals surface area contributed by atoms with Crippen LogP contribution in [-0.2, 0) is 4.74 Å². The van der Waals surface area contributed by atoms with Gasteiger partial charge in [-0.3, -0.25) is 0 Å². The summed E-state index contributed by atoms with van der Waals surface area (Å²) in [7, 11) is 0. The molecule has 90 valence electrons. The van der Waals surface area contributed by atoms with Crippen LogP contribution in [0.25, 0.3) is 0 Å². The largest absolute Gasteiger partial charge is 0.444 e. The van der Waals surface area contributed by atoms with Crippen molar-refractivity contribution in [2.75, 3.05) is 19.6 Å². The molecule has 1 fully saturated rings. The summed E-state index contributed by atoms with van der Waals surface area (Å²) in [6.07, 6.45) is 0.0148. The molecule has 1 unspecified atom stereocenters. The van der Waals surface area contributed by atoms with Gasteiger partial charge >= 0.3 is 6.09 Å². The normalized spacial score (nSPS) is 21.4. The van der Waals surface area contributed by atoms with Gasteiger partial charge in [0, 0.05) is 19.6 Å². The van der Waals surface area contributed by atoms with Gasteiger partial charge in [0.2, 0.25) is 0 Å². The van der Waals surface area contributed by atoms with Crippen LogP contribution < -0.4 is 5.32 Å². The van der Waals surface area contributed by atoms with Crippen molar-refractivity contribution in [2.24, 2.45) is 0 Å². The first-order valence-corrected chi connectivity index (χ1v) is 5.51. The minimum atomic E-state index is -0.487. The van der Waals surface area contributed by atoms with Crippen LogP contribution in [0.1, 0.15) is 27.2 Å². The van der Waals surface area contributed by atoms with Crippen molar-refractivity contribution in [1.82, 2.24) is 10.2 Å². The highest BCUT2D eigenvalue weighted by Crippen LogP contribution is 2.14. The van der Waals surface area contributed by atoms with Gasteiger partial charge in [-0.15, -0.1) is 0 Å². The number of carbonyl (C=O) groups is 1. The lowest BCUT2D eigenvalue weighted by Gasteiger charge is -2.36. The van der Waals surface area contributed by atoms with Crippen LogP contribution in [0, 0.1) is 11.3 Å². The Bertz CT molecular complexity index is 291. The van der Waals surface area contributed by atoms with Gasteiger partial charge in [-0.1, -0.05) is 0 Å². The predicted octanol–water partition coefficient (Wildman–Crippen LogP) is 1.11. The van der Waals surface area contributed by atoms with Crippen LogP contribution in [0.3, 0.4) is 0 Å². The van der Waals surface area contributed by atoms with E-state index in [4.69, 9.17) is 10.00 Å². The zero-order valence-corrected chi connectivity index (χ0v) is 10.1. The van der Waals surface area contributed by atoms with Crippen LogP contribution >= 0.6 is 0 Å². The summed E-state index contributed by atoms with van der Waals surface area (Å²) in [6.45, 7) is 7.53. The molecule has 0 aromatic carbocycles. The van der Waals surface area contributed by atoms with Crippen LogP contribution in [0.2, 0.25) is 0 Å². The van der Waals surface area contributed by atoms with Gasteiger partial charge < -0.3 is 15.0 Å². The zero-order chi connectivity index (χ0) is 12.2. The van der Waals surface area contributed by atoms with Gasteiger partial charge in [-0.05, 0) is 20.8 Å². The van der Waals surface area contributed by atoms with Crippen molar-refractivity contribution < 1.29 is 9.53 Å². The SMILES string of the molecule is CC(C)(C)OC(=O)N1CCNCC1CC#N. The third kappa shape index (κ3) is 3.70. The third-order valence-electron chi connectivity index (χ3n) is 2.31. The Labute approximate surface area is 96.4 Å². The van der Waals surface area contributed by atoms with Crippen molar-refractivity contribution in [1.29, 1.82) is 5.26 Å². The van der Waals surface area contributed by atoms with E-state index in [1.165, 1.54) is 0 Å². The fourth-order valence-corrected chi connectivity index (χ4v) is 1.61. The number of ether oxygens (including phenoxy) is 1. The maximum atomic E-state index is 11.9. The molecule has 1 N–H and O–H groups in total. The average molecular weight is 225 g/mol. The molecule has 0 aromatic rings. The molecular formula is C11H19N3O2. The van der Waals surface area contributed by atoms with Crippen molar-refractivity contribution in [3.63, 3.8) is 0 Å². The number of amides is 1. The lowest BCUT2D eigenvalue weighted by atomic mass is 10.1. The van der Waals surface area contributed by atoms with E-state index >= 15 is 0 Å². The van der Waals surface area contributed by atoms with E-state index in [0.29, 0.717) is 19.5 Å². The molecule has 5 nitrogen and oxygen atoms in total. The van der Waals surface area contributed by atoms with E-state index in [2.05, 4.69) is 11.4 Å². The molecule has 1 atom stereocenters. The zero-order valence-electron chi connectivity index (χ0n) is 10.1. The van der Waals surface area contributed by atoms with Crippen molar-refractivity contribution >= 4 is 6.09 Å². The highest BCUT2D eigenvalue weighted by molar-refractivity contribution is 5.68.